The largest absolute Gasteiger partial charge is 0.394 e. The molecule has 3 atom stereocenters. The number of hydrogen-bond donors (Lipinski definition) is 3. The number of nitrogens with one attached hydrogen (secondary N) is 2. The van der Waals surface area contributed by atoms with Gasteiger partial charge in [0.25, 0.3) is 0 Å². The predicted octanol–water partition coefficient (Wildman–Crippen LogP) is 0.565. The van der Waals surface area contributed by atoms with Crippen molar-refractivity contribution in [2.24, 2.45) is 5.92 Å². The number of aromatic nitrogens is 1. The van der Waals surface area contributed by atoms with E-state index in [-0.39, 0.29) is 42.6 Å². The van der Waals surface area contributed by atoms with E-state index < -0.39 is 0 Å². The number of rotatable bonds is 8. The lowest BCUT2D eigenvalue weighted by atomic mass is 9.97. The number of pyridine rings is 1. The van der Waals surface area contributed by atoms with Gasteiger partial charge in [-0.15, -0.1) is 0 Å². The third kappa shape index (κ3) is 5.51. The minimum Gasteiger partial charge on any atom is -0.394 e. The number of nitrogens with zero attached hydrogens (tertiary/aromatic N) is 1. The van der Waals surface area contributed by atoms with Crippen molar-refractivity contribution < 1.29 is 19.4 Å². The molecule has 7 nitrogen and oxygen atoms in total. The molecule has 0 unspecified atom stereocenters. The van der Waals surface area contributed by atoms with Crippen LogP contribution in [0.3, 0.4) is 0 Å². The Hall–Kier alpha value is -1.99. The first-order valence-electron chi connectivity index (χ1n) is 9.38. The summed E-state index contributed by atoms with van der Waals surface area (Å²) in [6, 6.07) is 3.53. The quantitative estimate of drug-likeness (QED) is 0.628. The van der Waals surface area contributed by atoms with Gasteiger partial charge in [-0.05, 0) is 49.8 Å². The molecule has 0 aromatic carbocycles. The van der Waals surface area contributed by atoms with Crippen LogP contribution in [-0.2, 0) is 20.7 Å². The molecule has 2 aliphatic rings. The van der Waals surface area contributed by atoms with Crippen LogP contribution in [-0.4, -0.2) is 53.3 Å². The Bertz CT molecular complexity index is 606. The molecule has 1 aliphatic carbocycles. The molecule has 1 saturated carbocycles. The third-order valence-corrected chi connectivity index (χ3v) is 4.97. The molecule has 2 heterocycles. The molecule has 2 amide bonds. The maximum Gasteiger partial charge on any atom is 0.224 e. The van der Waals surface area contributed by atoms with E-state index in [0.717, 1.165) is 31.2 Å². The SMILES string of the molecule is O=C(Cc1ccncc1)NCC[C@H]1CC[C@@H](NC(=O)C2CC2)[C@H](CO)O1. The lowest BCUT2D eigenvalue weighted by molar-refractivity contribution is -0.130. The van der Waals surface area contributed by atoms with Crippen molar-refractivity contribution in [3.63, 3.8) is 0 Å². The first kappa shape index (κ1) is 18.8. The number of aliphatic hydroxyl groups is 1. The summed E-state index contributed by atoms with van der Waals surface area (Å²) in [5.41, 5.74) is 0.931. The Morgan fingerprint density at radius 1 is 1.19 bits per heavy atom. The van der Waals surface area contributed by atoms with Crippen molar-refractivity contribution >= 4 is 11.8 Å². The Balaban J connectivity index is 1.36. The molecule has 0 radical (unpaired) electrons. The summed E-state index contributed by atoms with van der Waals surface area (Å²) in [4.78, 5) is 27.8. The van der Waals surface area contributed by atoms with Crippen LogP contribution < -0.4 is 10.6 Å². The number of amides is 2. The van der Waals surface area contributed by atoms with Crippen molar-refractivity contribution in [3.05, 3.63) is 30.1 Å². The highest BCUT2D eigenvalue weighted by Gasteiger charge is 2.36. The lowest BCUT2D eigenvalue weighted by Crippen LogP contribution is -2.51. The highest BCUT2D eigenvalue weighted by Crippen LogP contribution is 2.30. The van der Waals surface area contributed by atoms with Gasteiger partial charge < -0.3 is 20.5 Å². The van der Waals surface area contributed by atoms with Crippen LogP contribution in [0.1, 0.15) is 37.7 Å². The van der Waals surface area contributed by atoms with Gasteiger partial charge in [-0.2, -0.15) is 0 Å². The normalized spacial score (nSPS) is 25.5. The standard InChI is InChI=1S/C19H27N3O4/c23-12-17-16(22-19(25)14-1-2-14)4-3-15(26-17)7-10-21-18(24)11-13-5-8-20-9-6-13/h5-6,8-9,14-17,23H,1-4,7,10-12H2,(H,21,24)(H,22,25)/t15-,16-,17+/m1/s1. The van der Waals surface area contributed by atoms with E-state index in [4.69, 9.17) is 4.74 Å². The number of carbonyl (C=O) groups is 2. The summed E-state index contributed by atoms with van der Waals surface area (Å²) in [6.45, 7) is 0.423. The van der Waals surface area contributed by atoms with Gasteiger partial charge in [-0.1, -0.05) is 0 Å². The minimum absolute atomic E-state index is 0.0116. The fourth-order valence-corrected chi connectivity index (χ4v) is 3.28. The van der Waals surface area contributed by atoms with E-state index in [0.29, 0.717) is 19.4 Å². The van der Waals surface area contributed by atoms with Gasteiger partial charge in [-0.3, -0.25) is 14.6 Å². The minimum atomic E-state index is -0.371. The molecule has 3 N–H and O–H groups in total. The zero-order chi connectivity index (χ0) is 18.4. The molecule has 0 bridgehead atoms. The smallest absolute Gasteiger partial charge is 0.224 e. The van der Waals surface area contributed by atoms with Gasteiger partial charge in [-0.25, -0.2) is 0 Å². The molecule has 2 fully saturated rings. The summed E-state index contributed by atoms with van der Waals surface area (Å²) in [6.07, 6.45) is 7.52. The molecule has 0 spiro atoms. The fourth-order valence-electron chi connectivity index (χ4n) is 3.28. The summed E-state index contributed by atoms with van der Waals surface area (Å²) >= 11 is 0. The van der Waals surface area contributed by atoms with E-state index in [1.54, 1.807) is 12.4 Å². The molecule has 1 aliphatic heterocycles. The summed E-state index contributed by atoms with van der Waals surface area (Å²) in [7, 11) is 0. The second kappa shape index (κ2) is 9.09. The molecular formula is C19H27N3O4. The molecule has 1 saturated heterocycles. The Morgan fingerprint density at radius 2 is 1.96 bits per heavy atom. The van der Waals surface area contributed by atoms with E-state index in [2.05, 4.69) is 15.6 Å². The van der Waals surface area contributed by atoms with E-state index in [9.17, 15) is 14.7 Å². The van der Waals surface area contributed by atoms with Gasteiger partial charge >= 0.3 is 0 Å². The zero-order valence-corrected chi connectivity index (χ0v) is 14.9. The second-order valence-electron chi connectivity index (χ2n) is 7.12. The van der Waals surface area contributed by atoms with Crippen molar-refractivity contribution in [3.8, 4) is 0 Å². The number of carbonyl (C=O) groups excluding carboxylic acids is 2. The molecule has 1 aromatic rings. The van der Waals surface area contributed by atoms with Crippen LogP contribution in [0, 0.1) is 5.92 Å². The van der Waals surface area contributed by atoms with Crippen molar-refractivity contribution in [2.45, 2.75) is 56.8 Å². The van der Waals surface area contributed by atoms with Gasteiger partial charge in [0, 0.05) is 24.9 Å². The molecular weight excluding hydrogens is 334 g/mol. The van der Waals surface area contributed by atoms with Gasteiger partial charge in [0.2, 0.25) is 11.8 Å². The average Bonchev–Trinajstić information content (AvgIpc) is 3.49. The van der Waals surface area contributed by atoms with E-state index in [1.807, 2.05) is 12.1 Å². The topological polar surface area (TPSA) is 101 Å². The van der Waals surface area contributed by atoms with Crippen LogP contribution in [0.15, 0.2) is 24.5 Å². The first-order chi connectivity index (χ1) is 12.7. The summed E-state index contributed by atoms with van der Waals surface area (Å²) in [5.74, 6) is 0.210. The zero-order valence-electron chi connectivity index (χ0n) is 14.9. The third-order valence-electron chi connectivity index (χ3n) is 4.97. The van der Waals surface area contributed by atoms with Crippen LogP contribution in [0.4, 0.5) is 0 Å². The van der Waals surface area contributed by atoms with Crippen LogP contribution in [0.2, 0.25) is 0 Å². The van der Waals surface area contributed by atoms with Gasteiger partial charge in [0.1, 0.15) is 6.10 Å². The molecule has 142 valence electrons. The molecule has 1 aromatic heterocycles. The lowest BCUT2D eigenvalue weighted by Gasteiger charge is -2.36. The summed E-state index contributed by atoms with van der Waals surface area (Å²) < 4.78 is 5.93. The molecule has 26 heavy (non-hydrogen) atoms. The Morgan fingerprint density at radius 3 is 2.65 bits per heavy atom. The van der Waals surface area contributed by atoms with Crippen LogP contribution in [0.5, 0.6) is 0 Å². The molecule has 7 heteroatoms. The first-order valence-corrected chi connectivity index (χ1v) is 9.38. The Kier molecular flexibility index (Phi) is 6.57. The maximum atomic E-state index is 12.0. The number of ether oxygens (including phenoxy) is 1. The van der Waals surface area contributed by atoms with E-state index in [1.165, 1.54) is 0 Å². The number of aliphatic hydroxyl groups excluding tert-OH is 1. The number of hydrogen-bond acceptors (Lipinski definition) is 5. The fraction of sp³-hybridized carbons (Fsp3) is 0.632. The summed E-state index contributed by atoms with van der Waals surface area (Å²) in [5, 5.41) is 15.5. The highest BCUT2D eigenvalue weighted by molar-refractivity contribution is 5.81. The van der Waals surface area contributed by atoms with Crippen molar-refractivity contribution in [1.29, 1.82) is 0 Å². The Labute approximate surface area is 153 Å². The van der Waals surface area contributed by atoms with Crippen molar-refractivity contribution in [1.82, 2.24) is 15.6 Å². The van der Waals surface area contributed by atoms with Crippen LogP contribution >= 0.6 is 0 Å². The monoisotopic (exact) mass is 361 g/mol. The van der Waals surface area contributed by atoms with Gasteiger partial charge in [0.05, 0.1) is 25.2 Å². The predicted molar refractivity (Wildman–Crippen MR) is 95.2 cm³/mol. The molecule has 3 rings (SSSR count). The van der Waals surface area contributed by atoms with Crippen LogP contribution in [0.25, 0.3) is 0 Å². The van der Waals surface area contributed by atoms with Crippen molar-refractivity contribution in [2.75, 3.05) is 13.2 Å². The second-order valence-corrected chi connectivity index (χ2v) is 7.12. The van der Waals surface area contributed by atoms with Gasteiger partial charge in [0.15, 0.2) is 0 Å². The van der Waals surface area contributed by atoms with E-state index >= 15 is 0 Å². The average molecular weight is 361 g/mol. The highest BCUT2D eigenvalue weighted by atomic mass is 16.5. The maximum absolute atomic E-state index is 12.0.